The number of ketones is 1. The Morgan fingerprint density at radius 2 is 2.04 bits per heavy atom. The number of hydrogen-bond acceptors (Lipinski definition) is 4. The number of benzene rings is 1. The van der Waals surface area contributed by atoms with Crippen molar-refractivity contribution in [1.29, 1.82) is 0 Å². The summed E-state index contributed by atoms with van der Waals surface area (Å²) in [6.45, 7) is 4.34. The number of para-hydroxylation sites is 1. The number of allylic oxidation sites excluding steroid dienone is 2. The van der Waals surface area contributed by atoms with Crippen LogP contribution in [0.2, 0.25) is 0 Å². The van der Waals surface area contributed by atoms with Crippen molar-refractivity contribution in [2.75, 3.05) is 17.7 Å². The van der Waals surface area contributed by atoms with Gasteiger partial charge < -0.3 is 9.32 Å². The normalized spacial score (nSPS) is 17.5. The molecule has 2 heterocycles. The second-order valence-electron chi connectivity index (χ2n) is 6.27. The van der Waals surface area contributed by atoms with Crippen LogP contribution in [0.4, 0.5) is 5.69 Å². The minimum atomic E-state index is -0.146. The molecule has 3 nitrogen and oxygen atoms in total. The minimum absolute atomic E-state index is 0.143. The summed E-state index contributed by atoms with van der Waals surface area (Å²) in [5.74, 6) is 2.23. The molecular formula is C19H21NO2S. The summed E-state index contributed by atoms with van der Waals surface area (Å²) in [5, 5.41) is 0. The van der Waals surface area contributed by atoms with Crippen LogP contribution in [0.5, 0.6) is 0 Å². The van der Waals surface area contributed by atoms with Crippen molar-refractivity contribution in [3.05, 3.63) is 65.8 Å². The Morgan fingerprint density at radius 3 is 2.74 bits per heavy atom. The summed E-state index contributed by atoms with van der Waals surface area (Å²) >= 11 is 1.58. The van der Waals surface area contributed by atoms with Crippen molar-refractivity contribution in [2.24, 2.45) is 0 Å². The van der Waals surface area contributed by atoms with Gasteiger partial charge in [-0.1, -0.05) is 32.0 Å². The van der Waals surface area contributed by atoms with Gasteiger partial charge in [-0.05, 0) is 23.8 Å². The molecule has 4 heteroatoms. The number of likely N-dealkylation sites (N-methyl/N-ethyl adjacent to an activating group) is 1. The monoisotopic (exact) mass is 327 g/mol. The van der Waals surface area contributed by atoms with E-state index in [1.165, 1.54) is 11.3 Å². The molecule has 0 amide bonds. The van der Waals surface area contributed by atoms with Crippen LogP contribution in [0.1, 0.15) is 25.2 Å². The fraction of sp³-hybridized carbons (Fsp3) is 0.316. The SMILES string of the molecule is CN1C(=CC(=O)CSCc2ccco2)C(C)(C)c2ccccc21. The van der Waals surface area contributed by atoms with Crippen molar-refractivity contribution in [1.82, 2.24) is 0 Å². The number of hydrogen-bond donors (Lipinski definition) is 0. The van der Waals surface area contributed by atoms with Crippen LogP contribution >= 0.6 is 11.8 Å². The summed E-state index contributed by atoms with van der Waals surface area (Å²) in [5.41, 5.74) is 3.36. The predicted molar refractivity (Wildman–Crippen MR) is 95.8 cm³/mol. The number of nitrogens with zero attached hydrogens (tertiary/aromatic N) is 1. The highest BCUT2D eigenvalue weighted by Gasteiger charge is 2.38. The second kappa shape index (κ2) is 6.28. The lowest BCUT2D eigenvalue weighted by atomic mass is 9.83. The van der Waals surface area contributed by atoms with Crippen LogP contribution in [0.3, 0.4) is 0 Å². The number of anilines is 1. The fourth-order valence-corrected chi connectivity index (χ4v) is 3.85. The van der Waals surface area contributed by atoms with Gasteiger partial charge in [-0.15, -0.1) is 11.8 Å². The van der Waals surface area contributed by atoms with E-state index in [9.17, 15) is 4.79 Å². The quantitative estimate of drug-likeness (QED) is 0.763. The van der Waals surface area contributed by atoms with Crippen LogP contribution in [-0.2, 0) is 16.0 Å². The van der Waals surface area contributed by atoms with Gasteiger partial charge in [0.25, 0.3) is 0 Å². The summed E-state index contributed by atoms with van der Waals surface area (Å²) in [4.78, 5) is 14.5. The maximum absolute atomic E-state index is 12.4. The van der Waals surface area contributed by atoms with E-state index in [4.69, 9.17) is 4.42 Å². The molecule has 1 aromatic carbocycles. The Balaban J connectivity index is 1.71. The third-order valence-corrected chi connectivity index (χ3v) is 5.28. The van der Waals surface area contributed by atoms with Crippen LogP contribution in [0.15, 0.2) is 58.9 Å². The molecule has 0 atom stereocenters. The minimum Gasteiger partial charge on any atom is -0.468 e. The zero-order valence-corrected chi connectivity index (χ0v) is 14.5. The standard InChI is InChI=1S/C19H21NO2S/c1-19(2)16-8-4-5-9-17(16)20(3)18(19)11-14(21)12-23-13-15-7-6-10-22-15/h4-11H,12-13H2,1-3H3. The van der Waals surface area contributed by atoms with Gasteiger partial charge in [0.1, 0.15) is 5.76 Å². The van der Waals surface area contributed by atoms with Crippen LogP contribution in [-0.4, -0.2) is 18.6 Å². The highest BCUT2D eigenvalue weighted by molar-refractivity contribution is 7.99. The Morgan fingerprint density at radius 1 is 1.26 bits per heavy atom. The Hall–Kier alpha value is -1.94. The Labute approximate surface area is 141 Å². The predicted octanol–water partition coefficient (Wildman–Crippen LogP) is 4.39. The van der Waals surface area contributed by atoms with Crippen LogP contribution < -0.4 is 4.90 Å². The topological polar surface area (TPSA) is 33.5 Å². The van der Waals surface area contributed by atoms with E-state index in [-0.39, 0.29) is 11.2 Å². The average Bonchev–Trinajstić information content (AvgIpc) is 3.10. The van der Waals surface area contributed by atoms with E-state index >= 15 is 0 Å². The van der Waals surface area contributed by atoms with Crippen molar-refractivity contribution in [3.63, 3.8) is 0 Å². The molecule has 0 spiro atoms. The maximum atomic E-state index is 12.4. The lowest BCUT2D eigenvalue weighted by molar-refractivity contribution is -0.112. The Kier molecular flexibility index (Phi) is 4.35. The lowest BCUT2D eigenvalue weighted by Gasteiger charge is -2.23. The van der Waals surface area contributed by atoms with Crippen molar-refractivity contribution >= 4 is 23.2 Å². The second-order valence-corrected chi connectivity index (χ2v) is 7.25. The van der Waals surface area contributed by atoms with E-state index in [1.54, 1.807) is 24.1 Å². The van der Waals surface area contributed by atoms with E-state index in [1.807, 2.05) is 25.2 Å². The summed E-state index contributed by atoms with van der Waals surface area (Å²) in [6.07, 6.45) is 3.46. The molecule has 1 aliphatic heterocycles. The zero-order valence-electron chi connectivity index (χ0n) is 13.7. The first-order valence-corrected chi connectivity index (χ1v) is 8.84. The van der Waals surface area contributed by atoms with Gasteiger partial charge in [0.15, 0.2) is 5.78 Å². The zero-order chi connectivity index (χ0) is 16.4. The largest absolute Gasteiger partial charge is 0.468 e. The molecule has 0 saturated carbocycles. The van der Waals surface area contributed by atoms with Gasteiger partial charge in [0.2, 0.25) is 0 Å². The number of furan rings is 1. The number of rotatable bonds is 5. The molecule has 0 N–H and O–H groups in total. The summed E-state index contributed by atoms with van der Waals surface area (Å²) in [6, 6.07) is 12.1. The molecule has 0 fully saturated rings. The van der Waals surface area contributed by atoms with Crippen LogP contribution in [0.25, 0.3) is 0 Å². The third-order valence-electron chi connectivity index (χ3n) is 4.31. The van der Waals surface area contributed by atoms with Gasteiger partial charge in [-0.25, -0.2) is 0 Å². The van der Waals surface area contributed by atoms with E-state index in [0.717, 1.165) is 17.2 Å². The third kappa shape index (κ3) is 3.08. The molecule has 1 aliphatic rings. The lowest BCUT2D eigenvalue weighted by Crippen LogP contribution is -2.24. The molecule has 120 valence electrons. The average molecular weight is 327 g/mol. The fourth-order valence-electron chi connectivity index (χ4n) is 3.10. The summed E-state index contributed by atoms with van der Waals surface area (Å²) in [7, 11) is 2.03. The Bertz CT molecular complexity index is 732. The van der Waals surface area contributed by atoms with Gasteiger partial charge >= 0.3 is 0 Å². The molecular weight excluding hydrogens is 306 g/mol. The van der Waals surface area contributed by atoms with E-state index in [2.05, 4.69) is 36.9 Å². The first kappa shape index (κ1) is 15.9. The molecule has 23 heavy (non-hydrogen) atoms. The van der Waals surface area contributed by atoms with Gasteiger partial charge in [-0.2, -0.15) is 0 Å². The first-order chi connectivity index (χ1) is 11.0. The molecule has 3 rings (SSSR count). The molecule has 1 aromatic heterocycles. The number of carbonyl (C=O) groups is 1. The van der Waals surface area contributed by atoms with Crippen LogP contribution in [0, 0.1) is 0 Å². The maximum Gasteiger partial charge on any atom is 0.167 e. The van der Waals surface area contributed by atoms with Gasteiger partial charge in [0, 0.05) is 29.9 Å². The molecule has 0 bridgehead atoms. The van der Waals surface area contributed by atoms with Crippen molar-refractivity contribution in [3.8, 4) is 0 Å². The van der Waals surface area contributed by atoms with E-state index < -0.39 is 0 Å². The highest BCUT2D eigenvalue weighted by atomic mass is 32.2. The number of fused-ring (bicyclic) bond motifs is 1. The summed E-state index contributed by atoms with van der Waals surface area (Å²) < 4.78 is 5.29. The smallest absolute Gasteiger partial charge is 0.167 e. The molecule has 2 aromatic rings. The number of thioether (sulfide) groups is 1. The number of carbonyl (C=O) groups excluding carboxylic acids is 1. The van der Waals surface area contributed by atoms with Gasteiger partial charge in [0.05, 0.1) is 17.8 Å². The van der Waals surface area contributed by atoms with Crippen molar-refractivity contribution in [2.45, 2.75) is 25.0 Å². The molecule has 0 unspecified atom stereocenters. The first-order valence-electron chi connectivity index (χ1n) is 7.68. The molecule has 0 aliphatic carbocycles. The highest BCUT2D eigenvalue weighted by Crippen LogP contribution is 2.46. The van der Waals surface area contributed by atoms with Gasteiger partial charge in [-0.3, -0.25) is 4.79 Å². The van der Waals surface area contributed by atoms with Crippen molar-refractivity contribution < 1.29 is 9.21 Å². The molecule has 0 saturated heterocycles. The van der Waals surface area contributed by atoms with E-state index in [0.29, 0.717) is 5.75 Å². The molecule has 0 radical (unpaired) electrons.